The van der Waals surface area contributed by atoms with Crippen molar-refractivity contribution in [3.05, 3.63) is 40.5 Å². The molecule has 2 heterocycles. The summed E-state index contributed by atoms with van der Waals surface area (Å²) in [6.45, 7) is 0. The summed E-state index contributed by atoms with van der Waals surface area (Å²) in [5, 5.41) is 3.92. The molecule has 72 valence electrons. The molecule has 2 rings (SSSR count). The second-order valence-corrected chi connectivity index (χ2v) is 3.59. The van der Waals surface area contributed by atoms with Gasteiger partial charge >= 0.3 is 0 Å². The van der Waals surface area contributed by atoms with Gasteiger partial charge in [-0.2, -0.15) is 5.10 Å². The number of halogens is 1. The van der Waals surface area contributed by atoms with Crippen molar-refractivity contribution in [2.24, 2.45) is 7.05 Å². The van der Waals surface area contributed by atoms with Gasteiger partial charge in [-0.15, -0.1) is 0 Å². The summed E-state index contributed by atoms with van der Waals surface area (Å²) in [5.41, 5.74) is 1.05. The summed E-state index contributed by atoms with van der Waals surface area (Å²) in [6, 6.07) is 3.30. The third kappa shape index (κ3) is 1.50. The summed E-state index contributed by atoms with van der Waals surface area (Å²) in [5.74, 6) is -0.0977. The van der Waals surface area contributed by atoms with E-state index in [1.165, 1.54) is 10.9 Å². The molecule has 0 aromatic carbocycles. The van der Waals surface area contributed by atoms with Crippen LogP contribution >= 0.6 is 15.9 Å². The maximum absolute atomic E-state index is 11.8. The van der Waals surface area contributed by atoms with Gasteiger partial charge in [0.15, 0.2) is 4.67 Å². The van der Waals surface area contributed by atoms with Crippen molar-refractivity contribution < 1.29 is 9.21 Å². The average molecular weight is 255 g/mol. The van der Waals surface area contributed by atoms with Crippen LogP contribution in [0, 0.1) is 0 Å². The Morgan fingerprint density at radius 1 is 1.64 bits per heavy atom. The van der Waals surface area contributed by atoms with Crippen molar-refractivity contribution in [1.82, 2.24) is 9.78 Å². The van der Waals surface area contributed by atoms with Gasteiger partial charge < -0.3 is 4.42 Å². The summed E-state index contributed by atoms with van der Waals surface area (Å²) >= 11 is 3.14. The highest BCUT2D eigenvalue weighted by Crippen LogP contribution is 2.16. The minimum absolute atomic E-state index is 0.0977. The highest BCUT2D eigenvalue weighted by atomic mass is 79.9. The molecule has 14 heavy (non-hydrogen) atoms. The summed E-state index contributed by atoms with van der Waals surface area (Å²) in [6.07, 6.45) is 3.00. The molecule has 0 N–H and O–H groups in total. The molecule has 0 unspecified atom stereocenters. The summed E-state index contributed by atoms with van der Waals surface area (Å²) < 4.78 is 7.07. The molecule has 0 aliphatic rings. The fraction of sp³-hybridized carbons (Fsp3) is 0.111. The lowest BCUT2D eigenvalue weighted by Crippen LogP contribution is -2.06. The van der Waals surface area contributed by atoms with Crippen LogP contribution in [0.4, 0.5) is 0 Å². The van der Waals surface area contributed by atoms with Gasteiger partial charge in [0.2, 0.25) is 5.78 Å². The molecule has 0 radical (unpaired) electrons. The zero-order valence-electron chi connectivity index (χ0n) is 7.40. The molecule has 2 aromatic heterocycles. The lowest BCUT2D eigenvalue weighted by atomic mass is 10.2. The van der Waals surface area contributed by atoms with E-state index < -0.39 is 0 Å². The van der Waals surface area contributed by atoms with Gasteiger partial charge in [0, 0.05) is 19.3 Å². The Labute approximate surface area is 88.6 Å². The van der Waals surface area contributed by atoms with Crippen molar-refractivity contribution in [2.75, 3.05) is 0 Å². The number of nitrogens with zero attached hydrogens (tertiary/aromatic N) is 2. The molecule has 5 heteroatoms. The number of aryl methyl sites for hydroxylation is 1. The van der Waals surface area contributed by atoms with Gasteiger partial charge in [0.05, 0.1) is 5.56 Å². The van der Waals surface area contributed by atoms with Crippen molar-refractivity contribution >= 4 is 21.7 Å². The average Bonchev–Trinajstić information content (AvgIpc) is 2.73. The number of aromatic nitrogens is 2. The molecule has 2 aromatic rings. The van der Waals surface area contributed by atoms with Crippen LogP contribution in [-0.4, -0.2) is 15.6 Å². The molecule has 0 fully saturated rings. The highest BCUT2D eigenvalue weighted by molar-refractivity contribution is 9.10. The fourth-order valence-electron chi connectivity index (χ4n) is 1.17. The lowest BCUT2D eigenvalue weighted by molar-refractivity contribution is 0.102. The van der Waals surface area contributed by atoms with Gasteiger partial charge in [-0.1, -0.05) is 0 Å². The number of carbonyl (C=O) groups excluding carboxylic acids is 1. The summed E-state index contributed by atoms with van der Waals surface area (Å²) in [7, 11) is 1.72. The SMILES string of the molecule is Cn1nccc1C(=O)c1coc(Br)c1. The molecular weight excluding hydrogens is 248 g/mol. The number of furan rings is 1. The molecule has 0 bridgehead atoms. The second-order valence-electron chi connectivity index (χ2n) is 2.81. The Morgan fingerprint density at radius 3 is 2.93 bits per heavy atom. The largest absolute Gasteiger partial charge is 0.457 e. The highest BCUT2D eigenvalue weighted by Gasteiger charge is 2.14. The molecule has 0 amide bonds. The topological polar surface area (TPSA) is 48.0 Å². The molecule has 0 atom stereocenters. The lowest BCUT2D eigenvalue weighted by Gasteiger charge is -1.96. The van der Waals surface area contributed by atoms with Crippen molar-refractivity contribution in [1.29, 1.82) is 0 Å². The Hall–Kier alpha value is -1.36. The minimum Gasteiger partial charge on any atom is -0.457 e. The maximum Gasteiger partial charge on any atom is 0.214 e. The van der Waals surface area contributed by atoms with E-state index in [2.05, 4.69) is 21.0 Å². The summed E-state index contributed by atoms with van der Waals surface area (Å²) in [4.78, 5) is 11.8. The molecule has 4 nitrogen and oxygen atoms in total. The van der Waals surface area contributed by atoms with Gasteiger partial charge in [0.25, 0.3) is 0 Å². The Kier molecular flexibility index (Phi) is 2.25. The van der Waals surface area contributed by atoms with Crippen LogP contribution in [0.5, 0.6) is 0 Å². The third-order valence-corrected chi connectivity index (χ3v) is 2.30. The van der Waals surface area contributed by atoms with Crippen LogP contribution in [-0.2, 0) is 7.05 Å². The van der Waals surface area contributed by atoms with Gasteiger partial charge in [-0.25, -0.2) is 0 Å². The number of ketones is 1. The molecule has 0 aliphatic heterocycles. The van der Waals surface area contributed by atoms with Crippen LogP contribution < -0.4 is 0 Å². The van der Waals surface area contributed by atoms with Crippen molar-refractivity contribution in [3.8, 4) is 0 Å². The molecule has 0 saturated carbocycles. The Bertz CT molecular complexity index is 473. The van der Waals surface area contributed by atoms with E-state index in [1.54, 1.807) is 25.4 Å². The molecule has 0 aliphatic carbocycles. The van der Waals surface area contributed by atoms with Crippen LogP contribution in [0.15, 0.2) is 33.7 Å². The molecule has 0 saturated heterocycles. The van der Waals surface area contributed by atoms with E-state index in [-0.39, 0.29) is 5.78 Å². The standard InChI is InChI=1S/C9H7BrN2O2/c1-12-7(2-3-11-12)9(13)6-4-8(10)14-5-6/h2-5H,1H3. The molecular formula is C9H7BrN2O2. The van der Waals surface area contributed by atoms with Crippen LogP contribution in [0.2, 0.25) is 0 Å². The molecule has 0 spiro atoms. The smallest absolute Gasteiger partial charge is 0.214 e. The van der Waals surface area contributed by atoms with Gasteiger partial charge in [0.1, 0.15) is 12.0 Å². The normalized spacial score (nSPS) is 10.4. The maximum atomic E-state index is 11.8. The van der Waals surface area contributed by atoms with Crippen molar-refractivity contribution in [3.63, 3.8) is 0 Å². The van der Waals surface area contributed by atoms with Crippen LogP contribution in [0.25, 0.3) is 0 Å². The first kappa shape index (κ1) is 9.21. The van der Waals surface area contributed by atoms with Gasteiger partial charge in [-0.3, -0.25) is 9.48 Å². The van der Waals surface area contributed by atoms with Crippen molar-refractivity contribution in [2.45, 2.75) is 0 Å². The number of hydrogen-bond acceptors (Lipinski definition) is 3. The quantitative estimate of drug-likeness (QED) is 0.771. The minimum atomic E-state index is -0.0977. The number of rotatable bonds is 2. The Morgan fingerprint density at radius 2 is 2.43 bits per heavy atom. The number of hydrogen-bond donors (Lipinski definition) is 0. The number of carbonyl (C=O) groups is 1. The monoisotopic (exact) mass is 254 g/mol. The van der Waals surface area contributed by atoms with Gasteiger partial charge in [-0.05, 0) is 22.0 Å². The predicted molar refractivity (Wildman–Crippen MR) is 53.0 cm³/mol. The van der Waals surface area contributed by atoms with E-state index in [9.17, 15) is 4.79 Å². The van der Waals surface area contributed by atoms with E-state index >= 15 is 0 Å². The zero-order chi connectivity index (χ0) is 10.1. The van der Waals surface area contributed by atoms with E-state index in [0.29, 0.717) is 15.9 Å². The van der Waals surface area contributed by atoms with E-state index in [0.717, 1.165) is 0 Å². The third-order valence-electron chi connectivity index (χ3n) is 1.88. The van der Waals surface area contributed by atoms with E-state index in [4.69, 9.17) is 4.42 Å². The van der Waals surface area contributed by atoms with Crippen LogP contribution in [0.3, 0.4) is 0 Å². The first-order chi connectivity index (χ1) is 6.68. The predicted octanol–water partition coefficient (Wildman–Crippen LogP) is 2.01. The van der Waals surface area contributed by atoms with E-state index in [1.807, 2.05) is 0 Å². The first-order valence-electron chi connectivity index (χ1n) is 3.95. The second kappa shape index (κ2) is 3.42. The first-order valence-corrected chi connectivity index (χ1v) is 4.74. The zero-order valence-corrected chi connectivity index (χ0v) is 8.98. The Balaban J connectivity index is 2.38. The fourth-order valence-corrected chi connectivity index (χ4v) is 1.51. The van der Waals surface area contributed by atoms with Crippen LogP contribution in [0.1, 0.15) is 16.1 Å².